The number of nitrogens with zero attached hydrogens (tertiary/aromatic N) is 3. The number of pyridine rings is 1. The Hall–Kier alpha value is -2.47. The van der Waals surface area contributed by atoms with Crippen molar-refractivity contribution in [1.82, 2.24) is 19.9 Å². The van der Waals surface area contributed by atoms with Crippen molar-refractivity contribution >= 4 is 21.8 Å². The number of nitrogens with one attached hydrogen (secondary N) is 1. The van der Waals surface area contributed by atoms with Crippen molar-refractivity contribution in [2.45, 2.75) is 13.0 Å². The third kappa shape index (κ3) is 4.29. The van der Waals surface area contributed by atoms with E-state index in [9.17, 15) is 4.79 Å². The summed E-state index contributed by atoms with van der Waals surface area (Å²) in [7, 11) is 0. The summed E-state index contributed by atoms with van der Waals surface area (Å²) in [6.07, 6.45) is 7.63. The Labute approximate surface area is 148 Å². The van der Waals surface area contributed by atoms with Gasteiger partial charge in [0.2, 0.25) is 0 Å². The molecule has 0 fully saturated rings. The van der Waals surface area contributed by atoms with E-state index in [0.29, 0.717) is 18.5 Å². The van der Waals surface area contributed by atoms with Crippen LogP contribution in [0.5, 0.6) is 0 Å². The van der Waals surface area contributed by atoms with Gasteiger partial charge in [-0.3, -0.25) is 9.78 Å². The van der Waals surface area contributed by atoms with Crippen molar-refractivity contribution in [2.24, 2.45) is 0 Å². The average molecular weight is 385 g/mol. The van der Waals surface area contributed by atoms with Crippen molar-refractivity contribution < 1.29 is 4.79 Å². The molecule has 1 amide bonds. The van der Waals surface area contributed by atoms with Crippen LogP contribution in [0.2, 0.25) is 0 Å². The molecule has 0 unspecified atom stereocenters. The lowest BCUT2D eigenvalue weighted by Crippen LogP contribution is -2.26. The van der Waals surface area contributed by atoms with Gasteiger partial charge in [0.05, 0.1) is 5.56 Å². The van der Waals surface area contributed by atoms with Crippen molar-refractivity contribution in [1.29, 1.82) is 0 Å². The topological polar surface area (TPSA) is 59.8 Å². The highest BCUT2D eigenvalue weighted by Gasteiger charge is 2.08. The molecule has 0 aliphatic heterocycles. The van der Waals surface area contributed by atoms with Crippen LogP contribution in [0.1, 0.15) is 21.7 Å². The zero-order valence-electron chi connectivity index (χ0n) is 13.0. The molecule has 0 bridgehead atoms. The predicted molar refractivity (Wildman–Crippen MR) is 95.7 cm³/mol. The van der Waals surface area contributed by atoms with Crippen LogP contribution in [0.4, 0.5) is 0 Å². The van der Waals surface area contributed by atoms with Crippen LogP contribution in [-0.4, -0.2) is 27.0 Å². The Balaban J connectivity index is 1.56. The van der Waals surface area contributed by atoms with Crippen LogP contribution in [0, 0.1) is 0 Å². The van der Waals surface area contributed by atoms with Gasteiger partial charge in [0.1, 0.15) is 5.82 Å². The largest absolute Gasteiger partial charge is 0.352 e. The molecule has 0 aliphatic carbocycles. The van der Waals surface area contributed by atoms with Gasteiger partial charge in [-0.05, 0) is 27.6 Å². The third-order valence-electron chi connectivity index (χ3n) is 3.60. The third-order valence-corrected chi connectivity index (χ3v) is 4.03. The second-order valence-corrected chi connectivity index (χ2v) is 6.27. The highest BCUT2D eigenvalue weighted by atomic mass is 79.9. The number of halogens is 1. The van der Waals surface area contributed by atoms with Crippen LogP contribution in [0.3, 0.4) is 0 Å². The molecule has 0 spiro atoms. The van der Waals surface area contributed by atoms with E-state index in [1.165, 1.54) is 5.56 Å². The number of rotatable bonds is 6. The van der Waals surface area contributed by atoms with Crippen molar-refractivity contribution in [3.8, 4) is 0 Å². The summed E-state index contributed by atoms with van der Waals surface area (Å²) in [6, 6.07) is 12.0. The first-order valence-electron chi connectivity index (χ1n) is 7.65. The Bertz CT molecular complexity index is 817. The Morgan fingerprint density at radius 2 is 2.04 bits per heavy atom. The molecule has 2 aromatic heterocycles. The molecule has 122 valence electrons. The van der Waals surface area contributed by atoms with Crippen molar-refractivity contribution in [3.05, 3.63) is 82.6 Å². The summed E-state index contributed by atoms with van der Waals surface area (Å²) >= 11 is 3.32. The van der Waals surface area contributed by atoms with E-state index in [-0.39, 0.29) is 5.91 Å². The normalized spacial score (nSPS) is 10.5. The average Bonchev–Trinajstić information content (AvgIpc) is 3.03. The molecule has 0 saturated carbocycles. The van der Waals surface area contributed by atoms with Crippen LogP contribution >= 0.6 is 15.9 Å². The van der Waals surface area contributed by atoms with Crippen molar-refractivity contribution in [2.75, 3.05) is 6.54 Å². The molecule has 1 N–H and O–H groups in total. The van der Waals surface area contributed by atoms with E-state index < -0.39 is 0 Å². The van der Waals surface area contributed by atoms with Gasteiger partial charge in [0.15, 0.2) is 0 Å². The summed E-state index contributed by atoms with van der Waals surface area (Å²) in [5, 5.41) is 2.90. The van der Waals surface area contributed by atoms with E-state index in [1.54, 1.807) is 24.7 Å². The van der Waals surface area contributed by atoms with Gasteiger partial charge in [-0.25, -0.2) is 4.98 Å². The van der Waals surface area contributed by atoms with E-state index in [4.69, 9.17) is 0 Å². The summed E-state index contributed by atoms with van der Waals surface area (Å²) in [5.74, 6) is 0.816. The van der Waals surface area contributed by atoms with Gasteiger partial charge < -0.3 is 9.88 Å². The zero-order chi connectivity index (χ0) is 16.8. The maximum absolute atomic E-state index is 12.1. The fourth-order valence-corrected chi connectivity index (χ4v) is 2.78. The fraction of sp³-hybridized carbons (Fsp3) is 0.167. The molecule has 6 heteroatoms. The maximum Gasteiger partial charge on any atom is 0.252 e. The van der Waals surface area contributed by atoms with Crippen LogP contribution < -0.4 is 5.32 Å². The van der Waals surface area contributed by atoms with E-state index >= 15 is 0 Å². The van der Waals surface area contributed by atoms with E-state index in [0.717, 1.165) is 16.8 Å². The lowest BCUT2D eigenvalue weighted by Gasteiger charge is -2.09. The second kappa shape index (κ2) is 7.88. The van der Waals surface area contributed by atoms with Crippen LogP contribution in [-0.2, 0) is 13.0 Å². The highest BCUT2D eigenvalue weighted by molar-refractivity contribution is 9.10. The van der Waals surface area contributed by atoms with Gasteiger partial charge in [-0.1, -0.05) is 30.3 Å². The molecule has 3 aromatic rings. The Morgan fingerprint density at radius 1 is 1.21 bits per heavy atom. The van der Waals surface area contributed by atoms with Gasteiger partial charge in [-0.15, -0.1) is 0 Å². The fourth-order valence-electron chi connectivity index (χ4n) is 2.42. The minimum Gasteiger partial charge on any atom is -0.352 e. The number of benzene rings is 1. The first-order chi connectivity index (χ1) is 11.7. The molecular formula is C18H17BrN4O. The molecule has 0 radical (unpaired) electrons. The van der Waals surface area contributed by atoms with Gasteiger partial charge in [0.25, 0.3) is 5.91 Å². The summed E-state index contributed by atoms with van der Waals surface area (Å²) in [4.78, 5) is 20.5. The highest BCUT2D eigenvalue weighted by Crippen LogP contribution is 2.09. The number of hydrogen-bond donors (Lipinski definition) is 1. The van der Waals surface area contributed by atoms with E-state index in [2.05, 4.69) is 47.9 Å². The van der Waals surface area contributed by atoms with Gasteiger partial charge >= 0.3 is 0 Å². The zero-order valence-corrected chi connectivity index (χ0v) is 14.6. The molecule has 5 nitrogen and oxygen atoms in total. The molecule has 0 aliphatic rings. The number of carbonyl (C=O) groups excluding carboxylic acids is 1. The molecule has 24 heavy (non-hydrogen) atoms. The van der Waals surface area contributed by atoms with E-state index in [1.807, 2.05) is 24.4 Å². The molecule has 0 saturated heterocycles. The van der Waals surface area contributed by atoms with Gasteiger partial charge in [0, 0.05) is 48.8 Å². The standard InChI is InChI=1S/C18H17BrN4O/c19-16-10-15(11-20-12-16)18(24)22-7-6-17-21-8-9-23(17)13-14-4-2-1-3-5-14/h1-5,8-12H,6-7,13H2,(H,22,24). The summed E-state index contributed by atoms with van der Waals surface area (Å²) in [6.45, 7) is 1.30. The number of aromatic nitrogens is 3. The molecule has 3 rings (SSSR count). The lowest BCUT2D eigenvalue weighted by atomic mass is 10.2. The number of imidazole rings is 1. The number of carbonyl (C=O) groups is 1. The first kappa shape index (κ1) is 16.4. The molecular weight excluding hydrogens is 368 g/mol. The molecule has 1 aromatic carbocycles. The molecule has 0 atom stereocenters. The smallest absolute Gasteiger partial charge is 0.252 e. The Morgan fingerprint density at radius 3 is 2.83 bits per heavy atom. The lowest BCUT2D eigenvalue weighted by molar-refractivity contribution is 0.0953. The Kier molecular flexibility index (Phi) is 5.38. The van der Waals surface area contributed by atoms with Crippen LogP contribution in [0.25, 0.3) is 0 Å². The number of amides is 1. The van der Waals surface area contributed by atoms with Crippen LogP contribution in [0.15, 0.2) is 65.7 Å². The molecule has 2 heterocycles. The summed E-state index contributed by atoms with van der Waals surface area (Å²) in [5.41, 5.74) is 1.76. The minimum absolute atomic E-state index is 0.134. The SMILES string of the molecule is O=C(NCCc1nccn1Cc1ccccc1)c1cncc(Br)c1. The van der Waals surface area contributed by atoms with Gasteiger partial charge in [-0.2, -0.15) is 0 Å². The second-order valence-electron chi connectivity index (χ2n) is 5.35. The first-order valence-corrected chi connectivity index (χ1v) is 8.44. The quantitative estimate of drug-likeness (QED) is 0.710. The minimum atomic E-state index is -0.134. The van der Waals surface area contributed by atoms with Crippen molar-refractivity contribution in [3.63, 3.8) is 0 Å². The number of hydrogen-bond acceptors (Lipinski definition) is 3. The summed E-state index contributed by atoms with van der Waals surface area (Å²) < 4.78 is 2.89. The predicted octanol–water partition coefficient (Wildman–Crippen LogP) is 3.06. The maximum atomic E-state index is 12.1. The monoisotopic (exact) mass is 384 g/mol.